The van der Waals surface area contributed by atoms with Crippen molar-refractivity contribution in [1.29, 1.82) is 0 Å². The molecular weight excluding hydrogens is 208 g/mol. The van der Waals surface area contributed by atoms with Crippen molar-refractivity contribution in [3.8, 4) is 11.5 Å². The summed E-state index contributed by atoms with van der Waals surface area (Å²) >= 11 is 0. The van der Waals surface area contributed by atoms with Crippen molar-refractivity contribution in [2.75, 3.05) is 20.0 Å². The van der Waals surface area contributed by atoms with Crippen LogP contribution in [0.4, 0.5) is 0 Å². The summed E-state index contributed by atoms with van der Waals surface area (Å²) in [4.78, 5) is 11.7. The van der Waals surface area contributed by atoms with Crippen LogP contribution >= 0.6 is 0 Å². The van der Waals surface area contributed by atoms with E-state index in [0.29, 0.717) is 19.0 Å². The van der Waals surface area contributed by atoms with Gasteiger partial charge in [-0.2, -0.15) is 0 Å². The van der Waals surface area contributed by atoms with Crippen molar-refractivity contribution < 1.29 is 19.0 Å². The third kappa shape index (κ3) is 1.16. The molecule has 1 aromatic rings. The normalized spacial score (nSPS) is 20.3. The second-order valence-corrected chi connectivity index (χ2v) is 4.20. The minimum absolute atomic E-state index is 0.137. The molecule has 1 fully saturated rings. The van der Waals surface area contributed by atoms with E-state index < -0.39 is 5.41 Å². The zero-order valence-corrected chi connectivity index (χ0v) is 8.99. The minimum atomic E-state index is -0.471. The van der Waals surface area contributed by atoms with Crippen LogP contribution in [-0.2, 0) is 14.9 Å². The predicted octanol–water partition coefficient (Wildman–Crippen LogP) is 1.27. The van der Waals surface area contributed by atoms with Crippen LogP contribution in [0.2, 0.25) is 0 Å². The van der Waals surface area contributed by atoms with Crippen LogP contribution in [0, 0.1) is 0 Å². The Morgan fingerprint density at radius 2 is 2.00 bits per heavy atom. The van der Waals surface area contributed by atoms with E-state index in [0.717, 1.165) is 11.3 Å². The summed E-state index contributed by atoms with van der Waals surface area (Å²) in [6, 6.07) is 5.64. The van der Waals surface area contributed by atoms with E-state index >= 15 is 0 Å². The number of benzene rings is 1. The van der Waals surface area contributed by atoms with Gasteiger partial charge in [0.05, 0.1) is 13.2 Å². The van der Waals surface area contributed by atoms with E-state index in [1.54, 1.807) is 6.92 Å². The van der Waals surface area contributed by atoms with Crippen LogP contribution in [0.15, 0.2) is 18.2 Å². The molecule has 0 saturated carbocycles. The Hall–Kier alpha value is -1.55. The molecule has 0 unspecified atom stereocenters. The number of fused-ring (bicyclic) bond motifs is 1. The molecule has 2 heterocycles. The standard InChI is InChI=1S/C12H12O4/c1-8(13)12(5-14-6-12)9-2-3-10-11(4-9)16-7-15-10/h2-4H,5-7H2,1H3. The monoisotopic (exact) mass is 220 g/mol. The third-order valence-corrected chi connectivity index (χ3v) is 3.30. The van der Waals surface area contributed by atoms with E-state index in [1.807, 2.05) is 18.2 Å². The number of hydrogen-bond donors (Lipinski definition) is 0. The SMILES string of the molecule is CC(=O)C1(c2ccc3c(c2)OCO3)COC1. The van der Waals surface area contributed by atoms with Gasteiger partial charge in [0.15, 0.2) is 11.5 Å². The number of hydrogen-bond acceptors (Lipinski definition) is 4. The first-order valence-electron chi connectivity index (χ1n) is 5.21. The molecule has 0 atom stereocenters. The van der Waals surface area contributed by atoms with Gasteiger partial charge in [-0.05, 0) is 24.6 Å². The molecule has 0 N–H and O–H groups in total. The topological polar surface area (TPSA) is 44.8 Å². The van der Waals surface area contributed by atoms with E-state index in [1.165, 1.54) is 0 Å². The molecule has 4 heteroatoms. The third-order valence-electron chi connectivity index (χ3n) is 3.30. The first-order chi connectivity index (χ1) is 7.72. The maximum atomic E-state index is 11.7. The molecule has 2 aliphatic rings. The van der Waals surface area contributed by atoms with Gasteiger partial charge in [0.2, 0.25) is 6.79 Å². The number of carbonyl (C=O) groups excluding carboxylic acids is 1. The molecule has 84 valence electrons. The Morgan fingerprint density at radius 3 is 2.62 bits per heavy atom. The van der Waals surface area contributed by atoms with E-state index in [2.05, 4.69) is 0 Å². The molecule has 4 nitrogen and oxygen atoms in total. The van der Waals surface area contributed by atoms with Crippen LogP contribution in [0.1, 0.15) is 12.5 Å². The van der Waals surface area contributed by atoms with Gasteiger partial charge in [0.1, 0.15) is 11.2 Å². The lowest BCUT2D eigenvalue weighted by Gasteiger charge is -2.39. The first kappa shape index (κ1) is 9.66. The molecule has 16 heavy (non-hydrogen) atoms. The molecule has 0 bridgehead atoms. The van der Waals surface area contributed by atoms with Crippen LogP contribution in [0.3, 0.4) is 0 Å². The Balaban J connectivity index is 2.03. The van der Waals surface area contributed by atoms with Crippen LogP contribution in [-0.4, -0.2) is 25.8 Å². The zero-order valence-electron chi connectivity index (χ0n) is 8.99. The number of rotatable bonds is 2. The molecule has 1 aromatic carbocycles. The Morgan fingerprint density at radius 1 is 1.25 bits per heavy atom. The molecule has 2 aliphatic heterocycles. The van der Waals surface area contributed by atoms with E-state index in [9.17, 15) is 4.79 Å². The number of ketones is 1. The summed E-state index contributed by atoms with van der Waals surface area (Å²) in [5, 5.41) is 0. The van der Waals surface area contributed by atoms with Crippen molar-refractivity contribution in [1.82, 2.24) is 0 Å². The van der Waals surface area contributed by atoms with E-state index in [4.69, 9.17) is 14.2 Å². The van der Waals surface area contributed by atoms with Gasteiger partial charge < -0.3 is 14.2 Å². The fourth-order valence-corrected chi connectivity index (χ4v) is 2.07. The summed E-state index contributed by atoms with van der Waals surface area (Å²) in [7, 11) is 0. The number of ether oxygens (including phenoxy) is 3. The van der Waals surface area contributed by atoms with Gasteiger partial charge in [0, 0.05) is 0 Å². The van der Waals surface area contributed by atoms with E-state index in [-0.39, 0.29) is 12.6 Å². The Labute approximate surface area is 93.1 Å². The van der Waals surface area contributed by atoms with Gasteiger partial charge in [-0.25, -0.2) is 0 Å². The van der Waals surface area contributed by atoms with Crippen molar-refractivity contribution in [2.24, 2.45) is 0 Å². The number of Topliss-reactive ketones (excluding diaryl/α,β-unsaturated/α-hetero) is 1. The van der Waals surface area contributed by atoms with Gasteiger partial charge >= 0.3 is 0 Å². The lowest BCUT2D eigenvalue weighted by atomic mass is 9.75. The van der Waals surface area contributed by atoms with Gasteiger partial charge in [-0.1, -0.05) is 6.07 Å². The fourth-order valence-electron chi connectivity index (χ4n) is 2.07. The Bertz CT molecular complexity index is 448. The predicted molar refractivity (Wildman–Crippen MR) is 55.7 cm³/mol. The summed E-state index contributed by atoms with van der Waals surface area (Å²) in [5.74, 6) is 1.59. The van der Waals surface area contributed by atoms with Crippen molar-refractivity contribution in [3.63, 3.8) is 0 Å². The van der Waals surface area contributed by atoms with Crippen molar-refractivity contribution in [2.45, 2.75) is 12.3 Å². The molecule has 0 aromatic heterocycles. The fraction of sp³-hybridized carbons (Fsp3) is 0.417. The molecule has 3 rings (SSSR count). The second kappa shape index (κ2) is 3.22. The van der Waals surface area contributed by atoms with Crippen LogP contribution in [0.5, 0.6) is 11.5 Å². The highest BCUT2D eigenvalue weighted by atomic mass is 16.7. The molecular formula is C12H12O4. The summed E-state index contributed by atoms with van der Waals surface area (Å²) in [6.07, 6.45) is 0. The van der Waals surface area contributed by atoms with Crippen LogP contribution < -0.4 is 9.47 Å². The maximum absolute atomic E-state index is 11.7. The van der Waals surface area contributed by atoms with Crippen molar-refractivity contribution in [3.05, 3.63) is 23.8 Å². The Kier molecular flexibility index (Phi) is 1.94. The van der Waals surface area contributed by atoms with Crippen molar-refractivity contribution >= 4 is 5.78 Å². The highest BCUT2D eigenvalue weighted by Gasteiger charge is 2.45. The average Bonchev–Trinajstić information content (AvgIpc) is 2.62. The molecule has 1 saturated heterocycles. The second-order valence-electron chi connectivity index (χ2n) is 4.20. The molecule has 0 radical (unpaired) electrons. The van der Waals surface area contributed by atoms with Gasteiger partial charge in [-0.15, -0.1) is 0 Å². The summed E-state index contributed by atoms with van der Waals surface area (Å²) < 4.78 is 15.7. The zero-order chi connectivity index (χ0) is 11.2. The highest BCUT2D eigenvalue weighted by molar-refractivity contribution is 5.89. The van der Waals surface area contributed by atoms with Gasteiger partial charge in [0.25, 0.3) is 0 Å². The number of carbonyl (C=O) groups is 1. The molecule has 0 amide bonds. The minimum Gasteiger partial charge on any atom is -0.454 e. The van der Waals surface area contributed by atoms with Crippen LogP contribution in [0.25, 0.3) is 0 Å². The smallest absolute Gasteiger partial charge is 0.231 e. The quantitative estimate of drug-likeness (QED) is 0.753. The molecule has 0 aliphatic carbocycles. The van der Waals surface area contributed by atoms with Gasteiger partial charge in [-0.3, -0.25) is 4.79 Å². The largest absolute Gasteiger partial charge is 0.454 e. The maximum Gasteiger partial charge on any atom is 0.231 e. The lowest BCUT2D eigenvalue weighted by Crippen LogP contribution is -2.52. The summed E-state index contributed by atoms with van der Waals surface area (Å²) in [6.45, 7) is 2.78. The highest BCUT2D eigenvalue weighted by Crippen LogP contribution is 2.39. The molecule has 0 spiro atoms. The first-order valence-corrected chi connectivity index (χ1v) is 5.21. The average molecular weight is 220 g/mol. The summed E-state index contributed by atoms with van der Waals surface area (Å²) in [5.41, 5.74) is 0.483. The lowest BCUT2D eigenvalue weighted by molar-refractivity contribution is -0.140.